The molecule has 26 heavy (non-hydrogen) atoms. The maximum absolute atomic E-state index is 12.3. The van der Waals surface area contributed by atoms with E-state index in [1.54, 1.807) is 7.11 Å². The monoisotopic (exact) mass is 352 g/mol. The van der Waals surface area contributed by atoms with Gasteiger partial charge in [-0.2, -0.15) is 0 Å². The molecule has 0 fully saturated rings. The van der Waals surface area contributed by atoms with Gasteiger partial charge < -0.3 is 14.6 Å². The predicted molar refractivity (Wildman–Crippen MR) is 105 cm³/mol. The molecule has 0 saturated carbocycles. The van der Waals surface area contributed by atoms with E-state index in [0.29, 0.717) is 17.7 Å². The van der Waals surface area contributed by atoms with Gasteiger partial charge in [0.25, 0.3) is 0 Å². The zero-order chi connectivity index (χ0) is 19.1. The number of carbonyl (C=O) groups is 1. The first-order valence-corrected chi connectivity index (χ1v) is 8.35. The smallest absolute Gasteiger partial charge is 0.342 e. The maximum Gasteiger partial charge on any atom is 0.342 e. The Hall–Kier alpha value is -3.01. The van der Waals surface area contributed by atoms with Crippen molar-refractivity contribution in [3.63, 3.8) is 0 Å². The van der Waals surface area contributed by atoms with Gasteiger partial charge in [0.2, 0.25) is 0 Å². The summed E-state index contributed by atoms with van der Waals surface area (Å²) in [6.45, 7) is 4.02. The number of hydrogen-bond donors (Lipinski definition) is 1. The fourth-order valence-electron chi connectivity index (χ4n) is 2.65. The molecule has 0 radical (unpaired) electrons. The summed E-state index contributed by atoms with van der Waals surface area (Å²) in [5.74, 6) is -0.223. The van der Waals surface area contributed by atoms with Crippen molar-refractivity contribution in [2.24, 2.45) is 0 Å². The molecule has 0 spiro atoms. The Morgan fingerprint density at radius 3 is 2.38 bits per heavy atom. The highest BCUT2D eigenvalue weighted by Crippen LogP contribution is 2.35. The molecule has 0 aliphatic carbocycles. The zero-order valence-electron chi connectivity index (χ0n) is 15.6. The lowest BCUT2D eigenvalue weighted by atomic mass is 9.94. The van der Waals surface area contributed by atoms with Crippen LogP contribution >= 0.6 is 0 Å². The number of carbonyl (C=O) groups excluding carboxylic acids is 1. The van der Waals surface area contributed by atoms with Gasteiger partial charge in [-0.15, -0.1) is 0 Å². The van der Waals surface area contributed by atoms with Crippen LogP contribution in [0.5, 0.6) is 11.5 Å². The van der Waals surface area contributed by atoms with Crippen LogP contribution in [0.25, 0.3) is 12.2 Å². The highest BCUT2D eigenvalue weighted by atomic mass is 16.5. The first-order chi connectivity index (χ1) is 12.5. The van der Waals surface area contributed by atoms with Crippen molar-refractivity contribution in [2.45, 2.75) is 20.3 Å². The lowest BCUT2D eigenvalue weighted by Crippen LogP contribution is -2.08. The van der Waals surface area contributed by atoms with E-state index in [4.69, 9.17) is 9.47 Å². The fraction of sp³-hybridized carbons (Fsp3) is 0.227. The largest absolute Gasteiger partial charge is 0.507 e. The minimum atomic E-state index is -0.587. The summed E-state index contributed by atoms with van der Waals surface area (Å²) in [5.41, 5.74) is 3.68. The van der Waals surface area contributed by atoms with Gasteiger partial charge in [-0.05, 0) is 31.4 Å². The van der Waals surface area contributed by atoms with Crippen LogP contribution in [-0.4, -0.2) is 25.3 Å². The van der Waals surface area contributed by atoms with Gasteiger partial charge in [0.15, 0.2) is 0 Å². The number of methoxy groups -OCH3 is 2. The number of ether oxygens (including phenoxy) is 2. The van der Waals surface area contributed by atoms with Crippen LogP contribution in [0.4, 0.5) is 0 Å². The number of allylic oxidation sites excluding steroid dienone is 2. The lowest BCUT2D eigenvalue weighted by Gasteiger charge is -2.16. The van der Waals surface area contributed by atoms with Gasteiger partial charge >= 0.3 is 5.97 Å². The molecule has 4 nitrogen and oxygen atoms in total. The molecule has 2 aromatic carbocycles. The molecule has 0 aliphatic rings. The molecule has 0 amide bonds. The molecular weight excluding hydrogens is 328 g/mol. The zero-order valence-corrected chi connectivity index (χ0v) is 15.6. The van der Waals surface area contributed by atoms with Crippen LogP contribution < -0.4 is 4.74 Å². The summed E-state index contributed by atoms with van der Waals surface area (Å²) < 4.78 is 10.3. The molecule has 0 heterocycles. The van der Waals surface area contributed by atoms with E-state index in [1.807, 2.05) is 56.3 Å². The van der Waals surface area contributed by atoms with Crippen molar-refractivity contribution >= 4 is 18.1 Å². The van der Waals surface area contributed by atoms with E-state index >= 15 is 0 Å². The molecule has 0 atom stereocenters. The van der Waals surface area contributed by atoms with Crippen molar-refractivity contribution in [1.29, 1.82) is 0 Å². The third-order valence-corrected chi connectivity index (χ3v) is 3.98. The number of hydrogen-bond acceptors (Lipinski definition) is 4. The Balaban J connectivity index is 2.68. The van der Waals surface area contributed by atoms with Crippen molar-refractivity contribution in [1.82, 2.24) is 0 Å². The van der Waals surface area contributed by atoms with Gasteiger partial charge in [0.05, 0.1) is 14.2 Å². The Morgan fingerprint density at radius 1 is 1.12 bits per heavy atom. The number of rotatable bonds is 6. The summed E-state index contributed by atoms with van der Waals surface area (Å²) in [6.07, 6.45) is 6.34. The van der Waals surface area contributed by atoms with Gasteiger partial charge in [-0.25, -0.2) is 4.79 Å². The van der Waals surface area contributed by atoms with E-state index in [9.17, 15) is 9.90 Å². The second-order valence-corrected chi connectivity index (χ2v) is 6.09. The molecule has 4 heteroatoms. The van der Waals surface area contributed by atoms with Crippen LogP contribution in [0.3, 0.4) is 0 Å². The summed E-state index contributed by atoms with van der Waals surface area (Å²) in [4.78, 5) is 12.3. The van der Waals surface area contributed by atoms with Crippen LogP contribution in [0, 0.1) is 0 Å². The molecule has 0 saturated heterocycles. The SMILES string of the molecule is COC(=O)c1c(O)cc(OC)c(CC=C(C)C)c1C=Cc1ccccc1. The molecule has 0 bridgehead atoms. The normalized spacial score (nSPS) is 10.6. The Labute approximate surface area is 154 Å². The molecule has 0 unspecified atom stereocenters. The van der Waals surface area contributed by atoms with E-state index in [0.717, 1.165) is 16.7 Å². The van der Waals surface area contributed by atoms with E-state index in [2.05, 4.69) is 6.08 Å². The van der Waals surface area contributed by atoms with Gasteiger partial charge in [0, 0.05) is 11.6 Å². The predicted octanol–water partition coefficient (Wildman–Crippen LogP) is 4.87. The molecular formula is C22H24O4. The van der Waals surface area contributed by atoms with E-state index in [-0.39, 0.29) is 11.3 Å². The van der Waals surface area contributed by atoms with Crippen LogP contribution in [0.2, 0.25) is 0 Å². The minimum absolute atomic E-state index is 0.137. The summed E-state index contributed by atoms with van der Waals surface area (Å²) >= 11 is 0. The average molecular weight is 352 g/mol. The third-order valence-electron chi connectivity index (χ3n) is 3.98. The van der Waals surface area contributed by atoms with Crippen molar-refractivity contribution in [2.75, 3.05) is 14.2 Å². The molecule has 0 aliphatic heterocycles. The lowest BCUT2D eigenvalue weighted by molar-refractivity contribution is 0.0597. The second-order valence-electron chi connectivity index (χ2n) is 6.09. The topological polar surface area (TPSA) is 55.8 Å². The number of phenols is 1. The highest BCUT2D eigenvalue weighted by Gasteiger charge is 2.22. The molecule has 1 N–H and O–H groups in total. The second kappa shape index (κ2) is 8.90. The van der Waals surface area contributed by atoms with Gasteiger partial charge in [-0.1, -0.05) is 54.1 Å². The molecule has 2 rings (SSSR count). The Morgan fingerprint density at radius 2 is 1.81 bits per heavy atom. The average Bonchev–Trinajstić information content (AvgIpc) is 2.64. The Bertz CT molecular complexity index is 829. The number of benzene rings is 2. The summed E-state index contributed by atoms with van der Waals surface area (Å²) in [5, 5.41) is 10.4. The van der Waals surface area contributed by atoms with E-state index in [1.165, 1.54) is 13.2 Å². The van der Waals surface area contributed by atoms with Crippen LogP contribution in [0.1, 0.15) is 40.9 Å². The van der Waals surface area contributed by atoms with Gasteiger partial charge in [0.1, 0.15) is 17.1 Å². The van der Waals surface area contributed by atoms with E-state index < -0.39 is 5.97 Å². The number of esters is 1. The summed E-state index contributed by atoms with van der Waals surface area (Å²) in [6, 6.07) is 11.2. The van der Waals surface area contributed by atoms with Crippen molar-refractivity contribution in [3.8, 4) is 11.5 Å². The molecule has 0 aromatic heterocycles. The third kappa shape index (κ3) is 4.54. The molecule has 136 valence electrons. The maximum atomic E-state index is 12.3. The summed E-state index contributed by atoms with van der Waals surface area (Å²) in [7, 11) is 2.84. The standard InChI is InChI=1S/C22H24O4/c1-15(2)10-12-17-18(13-11-16-8-6-5-7-9-16)21(22(24)26-4)19(23)14-20(17)25-3/h5-11,13-14,23H,12H2,1-4H3. The highest BCUT2D eigenvalue weighted by molar-refractivity contribution is 5.99. The van der Waals surface area contributed by atoms with Crippen LogP contribution in [0.15, 0.2) is 48.0 Å². The van der Waals surface area contributed by atoms with Crippen molar-refractivity contribution in [3.05, 3.63) is 70.3 Å². The van der Waals surface area contributed by atoms with Gasteiger partial charge in [-0.3, -0.25) is 0 Å². The number of phenolic OH excluding ortho intramolecular Hbond substituents is 1. The van der Waals surface area contributed by atoms with Crippen molar-refractivity contribution < 1.29 is 19.4 Å². The fourth-order valence-corrected chi connectivity index (χ4v) is 2.65. The first kappa shape index (κ1) is 19.3. The molecule has 2 aromatic rings. The van der Waals surface area contributed by atoms with Crippen LogP contribution in [-0.2, 0) is 11.2 Å². The number of aromatic hydroxyl groups is 1. The Kier molecular flexibility index (Phi) is 6.61. The minimum Gasteiger partial charge on any atom is -0.507 e. The quantitative estimate of drug-likeness (QED) is 0.458. The first-order valence-electron chi connectivity index (χ1n) is 8.35.